The third-order valence-electron chi connectivity index (χ3n) is 3.42. The van der Waals surface area contributed by atoms with E-state index >= 15 is 0 Å². The molecule has 0 spiro atoms. The lowest BCUT2D eigenvalue weighted by atomic mass is 10.3. The van der Waals surface area contributed by atoms with E-state index in [0.29, 0.717) is 25.1 Å². The highest BCUT2D eigenvalue weighted by Crippen LogP contribution is 2.20. The molecule has 1 heterocycles. The Hall–Kier alpha value is -2.68. The van der Waals surface area contributed by atoms with Gasteiger partial charge in [-0.15, -0.1) is 0 Å². The molecule has 9 heteroatoms. The highest BCUT2D eigenvalue weighted by atomic mass is 16.6. The lowest BCUT2D eigenvalue weighted by molar-refractivity contribution is -0.384. The minimum absolute atomic E-state index is 0.0824. The summed E-state index contributed by atoms with van der Waals surface area (Å²) in [5, 5.41) is 10.7. The molecular weight excluding hydrogens is 306 g/mol. The number of nitro groups is 1. The average Bonchev–Trinajstić information content (AvgIpc) is 2.82. The Morgan fingerprint density at radius 3 is 2.87 bits per heavy atom. The van der Waals surface area contributed by atoms with E-state index in [4.69, 9.17) is 9.15 Å². The molecule has 0 N–H and O–H groups in total. The van der Waals surface area contributed by atoms with Crippen molar-refractivity contribution in [3.05, 3.63) is 38.9 Å². The van der Waals surface area contributed by atoms with Crippen molar-refractivity contribution >= 4 is 22.7 Å². The average molecular weight is 323 g/mol. The van der Waals surface area contributed by atoms with Crippen LogP contribution < -0.4 is 5.76 Å². The van der Waals surface area contributed by atoms with Gasteiger partial charge in [0.25, 0.3) is 5.69 Å². The standard InChI is InChI=1S/C14H17N3O6/c1-15(6-3-7-22-2)13(18)9-16-11-5-4-10(17(20)21)8-12(11)23-14(16)19/h4-5,8H,3,6-7,9H2,1-2H3. The van der Waals surface area contributed by atoms with Crippen molar-refractivity contribution in [1.29, 1.82) is 0 Å². The largest absolute Gasteiger partial charge is 0.420 e. The fourth-order valence-corrected chi connectivity index (χ4v) is 2.15. The lowest BCUT2D eigenvalue weighted by Gasteiger charge is -2.16. The van der Waals surface area contributed by atoms with E-state index in [9.17, 15) is 19.7 Å². The molecule has 2 aromatic rings. The van der Waals surface area contributed by atoms with Crippen LogP contribution >= 0.6 is 0 Å². The molecule has 0 fully saturated rings. The van der Waals surface area contributed by atoms with Gasteiger partial charge in [0.15, 0.2) is 5.58 Å². The Balaban J connectivity index is 2.20. The molecule has 2 rings (SSSR count). The molecule has 124 valence electrons. The van der Waals surface area contributed by atoms with Crippen molar-refractivity contribution in [3.63, 3.8) is 0 Å². The number of nitro benzene ring substituents is 1. The summed E-state index contributed by atoms with van der Waals surface area (Å²) in [4.78, 5) is 35.7. The van der Waals surface area contributed by atoms with Crippen LogP contribution in [-0.4, -0.2) is 47.6 Å². The first-order chi connectivity index (χ1) is 10.9. The topological polar surface area (TPSA) is 108 Å². The molecule has 0 aliphatic heterocycles. The molecular formula is C14H17N3O6. The number of rotatable bonds is 7. The number of hydrogen-bond acceptors (Lipinski definition) is 6. The van der Waals surface area contributed by atoms with Gasteiger partial charge in [-0.05, 0) is 12.5 Å². The molecule has 0 bridgehead atoms. The maximum Gasteiger partial charge on any atom is 0.420 e. The smallest absolute Gasteiger partial charge is 0.407 e. The number of ether oxygens (including phenoxy) is 1. The van der Waals surface area contributed by atoms with E-state index in [1.54, 1.807) is 14.2 Å². The number of nitrogens with zero attached hydrogens (tertiary/aromatic N) is 3. The zero-order valence-corrected chi connectivity index (χ0v) is 12.9. The summed E-state index contributed by atoms with van der Waals surface area (Å²) in [6.07, 6.45) is 0.686. The number of non-ortho nitro benzene ring substituents is 1. The predicted octanol–water partition coefficient (Wildman–Crippen LogP) is 0.998. The number of likely N-dealkylation sites (N-methyl/N-ethyl adjacent to an activating group) is 1. The van der Waals surface area contributed by atoms with Crippen LogP contribution in [0.25, 0.3) is 11.1 Å². The summed E-state index contributed by atoms with van der Waals surface area (Å²) >= 11 is 0. The molecule has 0 saturated heterocycles. The van der Waals surface area contributed by atoms with Crippen LogP contribution in [0.5, 0.6) is 0 Å². The first kappa shape index (κ1) is 16.7. The molecule has 1 aromatic carbocycles. The second-order valence-corrected chi connectivity index (χ2v) is 5.02. The van der Waals surface area contributed by atoms with Crippen molar-refractivity contribution in [2.24, 2.45) is 0 Å². The van der Waals surface area contributed by atoms with Crippen molar-refractivity contribution in [1.82, 2.24) is 9.47 Å². The minimum atomic E-state index is -0.723. The number of aromatic nitrogens is 1. The maximum atomic E-state index is 12.2. The highest BCUT2D eigenvalue weighted by Gasteiger charge is 2.17. The number of amides is 1. The summed E-state index contributed by atoms with van der Waals surface area (Å²) in [5.41, 5.74) is 0.250. The summed E-state index contributed by atoms with van der Waals surface area (Å²) in [6.45, 7) is 0.853. The lowest BCUT2D eigenvalue weighted by Crippen LogP contribution is -2.33. The van der Waals surface area contributed by atoms with Crippen LogP contribution in [0.4, 0.5) is 5.69 Å². The van der Waals surface area contributed by atoms with Gasteiger partial charge in [-0.2, -0.15) is 0 Å². The first-order valence-electron chi connectivity index (χ1n) is 6.94. The highest BCUT2D eigenvalue weighted by molar-refractivity contribution is 5.80. The van der Waals surface area contributed by atoms with Crippen LogP contribution in [0.3, 0.4) is 0 Å². The number of carbonyl (C=O) groups is 1. The SMILES string of the molecule is COCCCN(C)C(=O)Cn1c(=O)oc2cc([N+](=O)[O-])ccc21. The van der Waals surface area contributed by atoms with Gasteiger partial charge >= 0.3 is 5.76 Å². The Morgan fingerprint density at radius 2 is 2.22 bits per heavy atom. The monoisotopic (exact) mass is 323 g/mol. The summed E-state index contributed by atoms with van der Waals surface area (Å²) in [6, 6.07) is 3.83. The maximum absolute atomic E-state index is 12.2. The molecule has 0 atom stereocenters. The Morgan fingerprint density at radius 1 is 1.48 bits per heavy atom. The van der Waals surface area contributed by atoms with E-state index < -0.39 is 10.7 Å². The van der Waals surface area contributed by atoms with E-state index in [1.807, 2.05) is 0 Å². The Bertz CT molecular complexity index is 778. The quantitative estimate of drug-likeness (QED) is 0.427. The first-order valence-corrected chi connectivity index (χ1v) is 6.94. The van der Waals surface area contributed by atoms with Gasteiger partial charge in [0.2, 0.25) is 5.91 Å². The zero-order valence-electron chi connectivity index (χ0n) is 12.9. The van der Waals surface area contributed by atoms with Gasteiger partial charge in [-0.25, -0.2) is 4.79 Å². The molecule has 9 nitrogen and oxygen atoms in total. The van der Waals surface area contributed by atoms with E-state index in [1.165, 1.54) is 23.1 Å². The molecule has 1 amide bonds. The number of methoxy groups -OCH3 is 1. The Kier molecular flexibility index (Phi) is 5.12. The summed E-state index contributed by atoms with van der Waals surface area (Å²) in [5.74, 6) is -0.983. The molecule has 23 heavy (non-hydrogen) atoms. The fourth-order valence-electron chi connectivity index (χ4n) is 2.15. The van der Waals surface area contributed by atoms with Crippen molar-refractivity contribution < 1.29 is 18.9 Å². The van der Waals surface area contributed by atoms with Gasteiger partial charge < -0.3 is 14.1 Å². The molecule has 0 saturated carbocycles. The fraction of sp³-hybridized carbons (Fsp3) is 0.429. The van der Waals surface area contributed by atoms with Gasteiger partial charge in [-0.3, -0.25) is 19.5 Å². The summed E-state index contributed by atoms with van der Waals surface area (Å²) in [7, 11) is 3.22. The molecule has 0 radical (unpaired) electrons. The number of benzene rings is 1. The van der Waals surface area contributed by atoms with E-state index in [2.05, 4.69) is 0 Å². The normalized spacial score (nSPS) is 10.9. The third-order valence-corrected chi connectivity index (χ3v) is 3.42. The van der Waals surface area contributed by atoms with Gasteiger partial charge in [-0.1, -0.05) is 0 Å². The van der Waals surface area contributed by atoms with Gasteiger partial charge in [0, 0.05) is 33.4 Å². The van der Waals surface area contributed by atoms with Crippen LogP contribution in [0, 0.1) is 10.1 Å². The van der Waals surface area contributed by atoms with Gasteiger partial charge in [0.1, 0.15) is 6.54 Å². The summed E-state index contributed by atoms with van der Waals surface area (Å²) < 4.78 is 11.1. The third kappa shape index (κ3) is 3.75. The number of hydrogen-bond donors (Lipinski definition) is 0. The molecule has 0 unspecified atom stereocenters. The van der Waals surface area contributed by atoms with Crippen LogP contribution in [0.1, 0.15) is 6.42 Å². The zero-order chi connectivity index (χ0) is 17.0. The molecule has 1 aromatic heterocycles. The van der Waals surface area contributed by atoms with Crippen LogP contribution in [-0.2, 0) is 16.1 Å². The van der Waals surface area contributed by atoms with Gasteiger partial charge in [0.05, 0.1) is 16.5 Å². The van der Waals surface area contributed by atoms with E-state index in [-0.39, 0.29) is 23.7 Å². The number of oxazole rings is 1. The van der Waals surface area contributed by atoms with Crippen molar-refractivity contribution in [2.75, 3.05) is 27.3 Å². The Labute approximate surface area is 131 Å². The molecule has 0 aliphatic rings. The van der Waals surface area contributed by atoms with Crippen molar-refractivity contribution in [2.45, 2.75) is 13.0 Å². The van der Waals surface area contributed by atoms with Crippen LogP contribution in [0.15, 0.2) is 27.4 Å². The predicted molar refractivity (Wildman–Crippen MR) is 81.3 cm³/mol. The van der Waals surface area contributed by atoms with Crippen LogP contribution in [0.2, 0.25) is 0 Å². The van der Waals surface area contributed by atoms with E-state index in [0.717, 1.165) is 4.57 Å². The van der Waals surface area contributed by atoms with Crippen molar-refractivity contribution in [3.8, 4) is 0 Å². The minimum Gasteiger partial charge on any atom is -0.407 e. The second kappa shape index (κ2) is 7.05. The number of carbonyl (C=O) groups excluding carboxylic acids is 1. The molecule has 0 aliphatic carbocycles. The second-order valence-electron chi connectivity index (χ2n) is 5.02. The number of fused-ring (bicyclic) bond motifs is 1.